The topological polar surface area (TPSA) is 78.1 Å². The number of halogens is 3. The molecule has 0 fully saturated rings. The lowest BCUT2D eigenvalue weighted by atomic mass is 10.1. The van der Waals surface area contributed by atoms with Crippen molar-refractivity contribution < 1.29 is 17.6 Å². The summed E-state index contributed by atoms with van der Waals surface area (Å²) in [4.78, 5) is 4.20. The minimum absolute atomic E-state index is 0.0217. The highest BCUT2D eigenvalue weighted by Crippen LogP contribution is 2.39. The summed E-state index contributed by atoms with van der Waals surface area (Å²) in [5.74, 6) is -0.111. The van der Waals surface area contributed by atoms with E-state index in [2.05, 4.69) is 4.98 Å². The molecule has 2 aromatic carbocycles. The van der Waals surface area contributed by atoms with E-state index >= 15 is 0 Å². The van der Waals surface area contributed by atoms with Gasteiger partial charge in [0.1, 0.15) is 5.52 Å². The van der Waals surface area contributed by atoms with E-state index in [9.17, 15) is 13.2 Å². The number of nitrogens with zero attached hydrogens (tertiary/aromatic N) is 1. The van der Waals surface area contributed by atoms with Crippen LogP contribution in [0.25, 0.3) is 22.6 Å². The van der Waals surface area contributed by atoms with E-state index in [4.69, 9.17) is 15.9 Å². The predicted octanol–water partition coefficient (Wildman–Crippen LogP) is 4.29. The molecule has 120 valence electrons. The molecule has 0 saturated heterocycles. The van der Waals surface area contributed by atoms with Crippen LogP contribution in [0.15, 0.2) is 28.7 Å². The van der Waals surface area contributed by atoms with Crippen molar-refractivity contribution >= 4 is 22.5 Å². The summed E-state index contributed by atoms with van der Waals surface area (Å²) in [6.45, 7) is 3.55. The summed E-state index contributed by atoms with van der Waals surface area (Å²) < 4.78 is 45.2. The Hall–Kier alpha value is -2.70. The monoisotopic (exact) mass is 321 g/mol. The van der Waals surface area contributed by atoms with E-state index in [0.29, 0.717) is 22.4 Å². The Labute approximate surface area is 129 Å². The predicted molar refractivity (Wildman–Crippen MR) is 82.7 cm³/mol. The first-order valence-electron chi connectivity index (χ1n) is 6.82. The third-order valence-corrected chi connectivity index (χ3v) is 3.76. The standard InChI is InChI=1S/C16H14F3N3O/c1-7-5-12-14(8(2)13(7)21)22-15(23-12)10-4-3-9(20)6-11(10)16(17,18)19/h3-6H,20-21H2,1-2H3. The van der Waals surface area contributed by atoms with Gasteiger partial charge in [0.2, 0.25) is 5.89 Å². The fraction of sp³-hybridized carbons (Fsp3) is 0.188. The van der Waals surface area contributed by atoms with Gasteiger partial charge in [0.25, 0.3) is 0 Å². The fourth-order valence-electron chi connectivity index (χ4n) is 2.49. The van der Waals surface area contributed by atoms with Crippen LogP contribution in [0.5, 0.6) is 0 Å². The molecule has 0 aliphatic rings. The Bertz CT molecular complexity index is 913. The maximum atomic E-state index is 13.2. The van der Waals surface area contributed by atoms with Gasteiger partial charge in [-0.05, 0) is 43.7 Å². The van der Waals surface area contributed by atoms with Gasteiger partial charge < -0.3 is 15.9 Å². The Balaban J connectivity index is 2.28. The zero-order chi connectivity index (χ0) is 16.9. The van der Waals surface area contributed by atoms with Crippen molar-refractivity contribution in [2.75, 3.05) is 11.5 Å². The molecule has 0 unspecified atom stereocenters. The number of oxazole rings is 1. The summed E-state index contributed by atoms with van der Waals surface area (Å²) in [6.07, 6.45) is -4.56. The maximum Gasteiger partial charge on any atom is 0.417 e. The number of aryl methyl sites for hydroxylation is 2. The maximum absolute atomic E-state index is 13.2. The minimum Gasteiger partial charge on any atom is -0.436 e. The van der Waals surface area contributed by atoms with Crippen molar-refractivity contribution in [2.45, 2.75) is 20.0 Å². The van der Waals surface area contributed by atoms with Gasteiger partial charge in [-0.1, -0.05) is 0 Å². The first-order chi connectivity index (χ1) is 10.7. The first-order valence-corrected chi connectivity index (χ1v) is 6.82. The van der Waals surface area contributed by atoms with Crippen molar-refractivity contribution in [3.8, 4) is 11.5 Å². The number of hydrogen-bond donors (Lipinski definition) is 2. The second-order valence-electron chi connectivity index (χ2n) is 5.40. The lowest BCUT2D eigenvalue weighted by Crippen LogP contribution is -2.08. The summed E-state index contributed by atoms with van der Waals surface area (Å²) in [6, 6.07) is 5.18. The number of nitrogen functional groups attached to an aromatic ring is 2. The molecule has 23 heavy (non-hydrogen) atoms. The number of nitrogens with two attached hydrogens (primary N) is 2. The van der Waals surface area contributed by atoms with Crippen molar-refractivity contribution in [1.82, 2.24) is 4.98 Å². The van der Waals surface area contributed by atoms with E-state index in [1.807, 2.05) is 0 Å². The highest BCUT2D eigenvalue weighted by Gasteiger charge is 2.35. The number of rotatable bonds is 1. The van der Waals surface area contributed by atoms with E-state index in [0.717, 1.165) is 11.6 Å². The van der Waals surface area contributed by atoms with Crippen LogP contribution in [-0.4, -0.2) is 4.98 Å². The molecule has 1 heterocycles. The number of anilines is 2. The van der Waals surface area contributed by atoms with Gasteiger partial charge in [0.15, 0.2) is 5.58 Å². The third-order valence-electron chi connectivity index (χ3n) is 3.76. The summed E-state index contributed by atoms with van der Waals surface area (Å²) in [7, 11) is 0. The van der Waals surface area contributed by atoms with E-state index in [1.165, 1.54) is 12.1 Å². The van der Waals surface area contributed by atoms with E-state index in [1.54, 1.807) is 19.9 Å². The largest absolute Gasteiger partial charge is 0.436 e. The lowest BCUT2D eigenvalue weighted by molar-refractivity contribution is -0.137. The lowest BCUT2D eigenvalue weighted by Gasteiger charge is -2.11. The van der Waals surface area contributed by atoms with Gasteiger partial charge in [-0.25, -0.2) is 4.98 Å². The number of hydrogen-bond acceptors (Lipinski definition) is 4. The zero-order valence-corrected chi connectivity index (χ0v) is 12.5. The van der Waals surface area contributed by atoms with Crippen LogP contribution in [0, 0.1) is 13.8 Å². The van der Waals surface area contributed by atoms with Gasteiger partial charge in [-0.2, -0.15) is 13.2 Å². The molecular weight excluding hydrogens is 307 g/mol. The van der Waals surface area contributed by atoms with Crippen LogP contribution in [0.4, 0.5) is 24.5 Å². The van der Waals surface area contributed by atoms with Gasteiger partial charge in [0.05, 0.1) is 5.56 Å². The van der Waals surface area contributed by atoms with Gasteiger partial charge in [-0.3, -0.25) is 0 Å². The molecule has 0 aliphatic heterocycles. The molecule has 0 aliphatic carbocycles. The number of benzene rings is 2. The molecule has 0 radical (unpaired) electrons. The minimum atomic E-state index is -4.56. The molecule has 0 bridgehead atoms. The molecule has 1 aromatic heterocycles. The molecule has 0 amide bonds. The van der Waals surface area contributed by atoms with Crippen LogP contribution in [0.3, 0.4) is 0 Å². The second-order valence-corrected chi connectivity index (χ2v) is 5.40. The molecular formula is C16H14F3N3O. The second kappa shape index (κ2) is 4.91. The molecule has 0 atom stereocenters. The molecule has 4 N–H and O–H groups in total. The molecule has 3 aromatic rings. The Kier molecular flexibility index (Phi) is 3.24. The van der Waals surface area contributed by atoms with Crippen molar-refractivity contribution in [3.63, 3.8) is 0 Å². The van der Waals surface area contributed by atoms with E-state index in [-0.39, 0.29) is 17.1 Å². The summed E-state index contributed by atoms with van der Waals surface area (Å²) in [5.41, 5.74) is 13.3. The van der Waals surface area contributed by atoms with Crippen molar-refractivity contribution in [3.05, 3.63) is 41.0 Å². The normalized spacial score (nSPS) is 12.0. The highest BCUT2D eigenvalue weighted by atomic mass is 19.4. The highest BCUT2D eigenvalue weighted by molar-refractivity contribution is 5.86. The Morgan fingerprint density at radius 2 is 1.78 bits per heavy atom. The third kappa shape index (κ3) is 2.48. The summed E-state index contributed by atoms with van der Waals surface area (Å²) in [5, 5.41) is 0. The van der Waals surface area contributed by atoms with Crippen LogP contribution in [0.2, 0.25) is 0 Å². The molecule has 4 nitrogen and oxygen atoms in total. The Morgan fingerprint density at radius 3 is 2.43 bits per heavy atom. The average molecular weight is 321 g/mol. The molecule has 0 spiro atoms. The van der Waals surface area contributed by atoms with Crippen molar-refractivity contribution in [2.24, 2.45) is 0 Å². The van der Waals surface area contributed by atoms with Crippen LogP contribution in [0.1, 0.15) is 16.7 Å². The van der Waals surface area contributed by atoms with Gasteiger partial charge >= 0.3 is 6.18 Å². The Morgan fingerprint density at radius 1 is 1.09 bits per heavy atom. The van der Waals surface area contributed by atoms with Crippen molar-refractivity contribution in [1.29, 1.82) is 0 Å². The average Bonchev–Trinajstić information content (AvgIpc) is 2.87. The van der Waals surface area contributed by atoms with Gasteiger partial charge in [-0.15, -0.1) is 0 Å². The quantitative estimate of drug-likeness (QED) is 0.655. The molecule has 7 heteroatoms. The smallest absolute Gasteiger partial charge is 0.417 e. The van der Waals surface area contributed by atoms with Crippen LogP contribution in [-0.2, 0) is 6.18 Å². The molecule has 3 rings (SSSR count). The number of aromatic nitrogens is 1. The summed E-state index contributed by atoms with van der Waals surface area (Å²) >= 11 is 0. The van der Waals surface area contributed by atoms with Crippen LogP contribution >= 0.6 is 0 Å². The first kappa shape index (κ1) is 15.2. The number of fused-ring (bicyclic) bond motifs is 1. The van der Waals surface area contributed by atoms with E-state index < -0.39 is 11.7 Å². The van der Waals surface area contributed by atoms with Crippen LogP contribution < -0.4 is 11.5 Å². The fourth-order valence-corrected chi connectivity index (χ4v) is 2.49. The van der Waals surface area contributed by atoms with Gasteiger partial charge in [0, 0.05) is 22.5 Å². The SMILES string of the molecule is Cc1cc2oc(-c3ccc(N)cc3C(F)(F)F)nc2c(C)c1N. The zero-order valence-electron chi connectivity index (χ0n) is 12.5. The molecule has 0 saturated carbocycles. The number of alkyl halides is 3.